The maximum atomic E-state index is 9.09. The van der Waals surface area contributed by atoms with Crippen LogP contribution >= 0.6 is 0 Å². The zero-order chi connectivity index (χ0) is 15.1. The van der Waals surface area contributed by atoms with Crippen molar-refractivity contribution in [3.63, 3.8) is 0 Å². The third-order valence-electron chi connectivity index (χ3n) is 3.43. The molecule has 0 spiro atoms. The molecule has 1 rings (SSSR count). The molecule has 0 saturated carbocycles. The topological polar surface area (TPSA) is 35.5 Å². The summed E-state index contributed by atoms with van der Waals surface area (Å²) < 4.78 is 0. The summed E-state index contributed by atoms with van der Waals surface area (Å²) in [7, 11) is 0. The van der Waals surface area contributed by atoms with Crippen LogP contribution in [0.4, 0.5) is 5.69 Å². The van der Waals surface area contributed by atoms with Gasteiger partial charge in [0.1, 0.15) is 0 Å². The van der Waals surface area contributed by atoms with Crippen LogP contribution in [-0.4, -0.2) is 30.3 Å². The molecule has 0 atom stereocenters. The van der Waals surface area contributed by atoms with E-state index in [0.29, 0.717) is 12.1 Å². The Balaban J connectivity index is 2.99. The summed E-state index contributed by atoms with van der Waals surface area (Å²) in [6.45, 7) is 12.9. The number of hydrogen-bond donors (Lipinski definition) is 2. The van der Waals surface area contributed by atoms with Crippen LogP contribution in [0.5, 0.6) is 0 Å². The predicted molar refractivity (Wildman–Crippen MR) is 87.3 cm³/mol. The number of aliphatic hydroxyl groups is 1. The van der Waals surface area contributed by atoms with Crippen LogP contribution in [0.15, 0.2) is 18.2 Å². The van der Waals surface area contributed by atoms with E-state index in [0.717, 1.165) is 19.5 Å². The second kappa shape index (κ2) is 8.28. The van der Waals surface area contributed by atoms with Gasteiger partial charge in [-0.2, -0.15) is 0 Å². The van der Waals surface area contributed by atoms with Gasteiger partial charge in [-0.1, -0.05) is 31.5 Å². The second-order valence-corrected chi connectivity index (χ2v) is 6.03. The lowest BCUT2D eigenvalue weighted by Gasteiger charge is -2.31. The lowest BCUT2D eigenvalue weighted by molar-refractivity contribution is 0.288. The van der Waals surface area contributed by atoms with E-state index in [1.165, 1.54) is 16.8 Å². The summed E-state index contributed by atoms with van der Waals surface area (Å²) in [5.74, 6) is 0. The minimum atomic E-state index is 0.245. The highest BCUT2D eigenvalue weighted by molar-refractivity contribution is 5.55. The lowest BCUT2D eigenvalue weighted by Crippen LogP contribution is -2.34. The van der Waals surface area contributed by atoms with Gasteiger partial charge in [0, 0.05) is 37.5 Å². The number of nitrogens with one attached hydrogen (secondary N) is 1. The van der Waals surface area contributed by atoms with Crippen LogP contribution < -0.4 is 10.2 Å². The Kier molecular flexibility index (Phi) is 7.03. The molecule has 0 radical (unpaired) electrons. The minimum Gasteiger partial charge on any atom is -0.396 e. The van der Waals surface area contributed by atoms with E-state index < -0.39 is 0 Å². The number of anilines is 1. The van der Waals surface area contributed by atoms with E-state index in [1.54, 1.807) is 0 Å². The first-order valence-corrected chi connectivity index (χ1v) is 7.66. The molecule has 0 unspecified atom stereocenters. The van der Waals surface area contributed by atoms with Crippen molar-refractivity contribution in [2.45, 2.75) is 59.7 Å². The molecule has 114 valence electrons. The molecule has 0 aromatic heterocycles. The highest BCUT2D eigenvalue weighted by atomic mass is 16.3. The Hall–Kier alpha value is -1.06. The van der Waals surface area contributed by atoms with Crippen LogP contribution in [0, 0.1) is 6.92 Å². The fraction of sp³-hybridized carbons (Fsp3) is 0.647. The molecule has 20 heavy (non-hydrogen) atoms. The quantitative estimate of drug-likeness (QED) is 0.767. The largest absolute Gasteiger partial charge is 0.396 e. The van der Waals surface area contributed by atoms with Crippen molar-refractivity contribution >= 4 is 5.69 Å². The molecule has 2 N–H and O–H groups in total. The van der Waals surface area contributed by atoms with Crippen LogP contribution in [0.3, 0.4) is 0 Å². The first kappa shape index (κ1) is 17.0. The maximum Gasteiger partial charge on any atom is 0.0447 e. The minimum absolute atomic E-state index is 0.245. The second-order valence-electron chi connectivity index (χ2n) is 6.03. The molecule has 0 aliphatic carbocycles. The van der Waals surface area contributed by atoms with Gasteiger partial charge >= 0.3 is 0 Å². The molecule has 1 aromatic carbocycles. The van der Waals surface area contributed by atoms with Crippen LogP contribution in [0.25, 0.3) is 0 Å². The fourth-order valence-corrected chi connectivity index (χ4v) is 2.35. The first-order chi connectivity index (χ1) is 9.45. The summed E-state index contributed by atoms with van der Waals surface area (Å²) in [5, 5.41) is 12.6. The number of nitrogens with zero attached hydrogens (tertiary/aromatic N) is 1. The maximum absolute atomic E-state index is 9.09. The summed E-state index contributed by atoms with van der Waals surface area (Å²) >= 11 is 0. The van der Waals surface area contributed by atoms with Crippen molar-refractivity contribution in [2.24, 2.45) is 0 Å². The van der Waals surface area contributed by atoms with Crippen molar-refractivity contribution in [3.8, 4) is 0 Å². The predicted octanol–water partition coefficient (Wildman–Crippen LogP) is 3.09. The molecule has 0 heterocycles. The molecular weight excluding hydrogens is 248 g/mol. The molecule has 3 heteroatoms. The van der Waals surface area contributed by atoms with Crippen molar-refractivity contribution < 1.29 is 5.11 Å². The van der Waals surface area contributed by atoms with Crippen LogP contribution in [0.1, 0.15) is 45.2 Å². The van der Waals surface area contributed by atoms with E-state index in [-0.39, 0.29) is 6.61 Å². The number of rotatable bonds is 8. The number of aliphatic hydroxyl groups excluding tert-OH is 1. The molecule has 1 aromatic rings. The average molecular weight is 278 g/mol. The Morgan fingerprint density at radius 1 is 1.20 bits per heavy atom. The number of aryl methyl sites for hydroxylation is 1. The standard InChI is InChI=1S/C17H30N2O/c1-13(2)18-12-16-11-15(5)7-8-17(16)19(14(3)4)9-6-10-20/h7-8,11,13-14,18,20H,6,9-10,12H2,1-5H3. The normalized spacial score (nSPS) is 11.4. The van der Waals surface area contributed by atoms with Gasteiger partial charge in [0.05, 0.1) is 0 Å². The van der Waals surface area contributed by atoms with Gasteiger partial charge < -0.3 is 15.3 Å². The van der Waals surface area contributed by atoms with Gasteiger partial charge in [0.25, 0.3) is 0 Å². The molecule has 0 fully saturated rings. The third kappa shape index (κ3) is 5.14. The van der Waals surface area contributed by atoms with Crippen molar-refractivity contribution in [1.29, 1.82) is 0 Å². The van der Waals surface area contributed by atoms with Gasteiger partial charge in [0.2, 0.25) is 0 Å². The SMILES string of the molecule is Cc1ccc(N(CCCO)C(C)C)c(CNC(C)C)c1. The zero-order valence-electron chi connectivity index (χ0n) is 13.6. The monoisotopic (exact) mass is 278 g/mol. The Bertz CT molecular complexity index is 402. The highest BCUT2D eigenvalue weighted by Gasteiger charge is 2.14. The molecule has 0 bridgehead atoms. The third-order valence-corrected chi connectivity index (χ3v) is 3.43. The number of benzene rings is 1. The fourth-order valence-electron chi connectivity index (χ4n) is 2.35. The zero-order valence-corrected chi connectivity index (χ0v) is 13.6. The van der Waals surface area contributed by atoms with Gasteiger partial charge in [-0.05, 0) is 38.8 Å². The first-order valence-electron chi connectivity index (χ1n) is 7.66. The summed E-state index contributed by atoms with van der Waals surface area (Å²) in [6.07, 6.45) is 0.809. The van der Waals surface area contributed by atoms with Gasteiger partial charge in [-0.3, -0.25) is 0 Å². The summed E-state index contributed by atoms with van der Waals surface area (Å²) in [6, 6.07) is 7.56. The van der Waals surface area contributed by atoms with E-state index >= 15 is 0 Å². The summed E-state index contributed by atoms with van der Waals surface area (Å²) in [4.78, 5) is 2.38. The summed E-state index contributed by atoms with van der Waals surface area (Å²) in [5.41, 5.74) is 3.91. The number of hydrogen-bond acceptors (Lipinski definition) is 3. The van der Waals surface area contributed by atoms with Crippen molar-refractivity contribution in [1.82, 2.24) is 5.32 Å². The van der Waals surface area contributed by atoms with Crippen LogP contribution in [0.2, 0.25) is 0 Å². The van der Waals surface area contributed by atoms with E-state index in [9.17, 15) is 0 Å². The smallest absolute Gasteiger partial charge is 0.0447 e. The Morgan fingerprint density at radius 3 is 2.45 bits per heavy atom. The van der Waals surface area contributed by atoms with E-state index in [2.05, 4.69) is 63.0 Å². The molecule has 0 aliphatic rings. The van der Waals surface area contributed by atoms with E-state index in [1.807, 2.05) is 0 Å². The molecule has 3 nitrogen and oxygen atoms in total. The van der Waals surface area contributed by atoms with Crippen molar-refractivity contribution in [3.05, 3.63) is 29.3 Å². The lowest BCUT2D eigenvalue weighted by atomic mass is 10.1. The van der Waals surface area contributed by atoms with Crippen LogP contribution in [-0.2, 0) is 6.54 Å². The molecule has 0 saturated heterocycles. The van der Waals surface area contributed by atoms with Gasteiger partial charge in [-0.25, -0.2) is 0 Å². The van der Waals surface area contributed by atoms with E-state index in [4.69, 9.17) is 5.11 Å². The highest BCUT2D eigenvalue weighted by Crippen LogP contribution is 2.24. The van der Waals surface area contributed by atoms with Crippen molar-refractivity contribution in [2.75, 3.05) is 18.1 Å². The average Bonchev–Trinajstić information content (AvgIpc) is 2.38. The molecular formula is C17H30N2O. The van der Waals surface area contributed by atoms with Gasteiger partial charge in [-0.15, -0.1) is 0 Å². The molecule has 0 amide bonds. The van der Waals surface area contributed by atoms with Gasteiger partial charge in [0.15, 0.2) is 0 Å². The Labute approximate surface area is 124 Å². The molecule has 0 aliphatic heterocycles. The Morgan fingerprint density at radius 2 is 1.90 bits per heavy atom.